The fourth-order valence-corrected chi connectivity index (χ4v) is 3.02. The maximum absolute atomic E-state index is 12.2. The molecule has 0 heterocycles. The minimum Gasteiger partial charge on any atom is -0.388 e. The van der Waals surface area contributed by atoms with Crippen molar-refractivity contribution in [2.24, 2.45) is 5.10 Å². The minimum absolute atomic E-state index is 0.166. The van der Waals surface area contributed by atoms with Crippen molar-refractivity contribution < 1.29 is 8.42 Å². The molecule has 2 rings (SSSR count). The van der Waals surface area contributed by atoms with Gasteiger partial charge in [-0.15, -0.1) is 0 Å². The van der Waals surface area contributed by atoms with Crippen molar-refractivity contribution >= 4 is 33.0 Å². The van der Waals surface area contributed by atoms with Gasteiger partial charge in [-0.2, -0.15) is 18.4 Å². The van der Waals surface area contributed by atoms with Gasteiger partial charge < -0.3 is 5.32 Å². The molecule has 0 aliphatic rings. The first-order valence-electron chi connectivity index (χ1n) is 6.94. The summed E-state index contributed by atoms with van der Waals surface area (Å²) in [6.45, 7) is 3.61. The van der Waals surface area contributed by atoms with E-state index in [9.17, 15) is 8.42 Å². The summed E-state index contributed by atoms with van der Waals surface area (Å²) in [5.74, 6) is 0. The number of benzene rings is 2. The van der Waals surface area contributed by atoms with Crippen molar-refractivity contribution in [3.8, 4) is 0 Å². The molecule has 2 aromatic rings. The molecule has 0 atom stereocenters. The second kappa shape index (κ2) is 7.02. The van der Waals surface area contributed by atoms with Gasteiger partial charge in [0, 0.05) is 23.3 Å². The molecular weight excluding hydrogens is 334 g/mol. The second-order valence-corrected chi connectivity index (χ2v) is 7.14. The van der Waals surface area contributed by atoms with E-state index < -0.39 is 10.0 Å². The van der Waals surface area contributed by atoms with Crippen molar-refractivity contribution in [3.63, 3.8) is 0 Å². The Morgan fingerprint density at radius 3 is 2.39 bits per heavy atom. The van der Waals surface area contributed by atoms with Crippen molar-refractivity contribution in [3.05, 3.63) is 58.6 Å². The van der Waals surface area contributed by atoms with Crippen LogP contribution in [0, 0.1) is 6.92 Å². The number of hydrazone groups is 1. The third-order valence-corrected chi connectivity index (χ3v) is 4.77. The molecule has 0 bridgehead atoms. The van der Waals surface area contributed by atoms with Crippen LogP contribution in [0.5, 0.6) is 0 Å². The normalized spacial score (nSPS) is 12.1. The summed E-state index contributed by atoms with van der Waals surface area (Å²) in [7, 11) is -1.93. The fourth-order valence-electron chi connectivity index (χ4n) is 1.99. The predicted molar refractivity (Wildman–Crippen MR) is 94.7 cm³/mol. The number of hydrogen-bond acceptors (Lipinski definition) is 4. The van der Waals surface area contributed by atoms with E-state index in [2.05, 4.69) is 15.2 Å². The highest BCUT2D eigenvalue weighted by Crippen LogP contribution is 2.21. The van der Waals surface area contributed by atoms with Crippen LogP contribution in [0.25, 0.3) is 0 Å². The number of sulfonamides is 1. The fraction of sp³-hybridized carbons (Fsp3) is 0.188. The Labute approximate surface area is 141 Å². The Kier molecular flexibility index (Phi) is 5.28. The van der Waals surface area contributed by atoms with E-state index in [1.54, 1.807) is 50.4 Å². The van der Waals surface area contributed by atoms with E-state index in [-0.39, 0.29) is 4.90 Å². The molecule has 0 aromatic heterocycles. The monoisotopic (exact) mass is 351 g/mol. The van der Waals surface area contributed by atoms with E-state index >= 15 is 0 Å². The highest BCUT2D eigenvalue weighted by molar-refractivity contribution is 7.89. The molecule has 7 heteroatoms. The smallest absolute Gasteiger partial charge is 0.276 e. The summed E-state index contributed by atoms with van der Waals surface area (Å²) in [5, 5.41) is 7.57. The van der Waals surface area contributed by atoms with Crippen molar-refractivity contribution in [2.75, 3.05) is 12.4 Å². The van der Waals surface area contributed by atoms with Crippen LogP contribution < -0.4 is 10.1 Å². The van der Waals surface area contributed by atoms with Crippen LogP contribution in [0.15, 0.2) is 52.5 Å². The maximum Gasteiger partial charge on any atom is 0.276 e. The molecule has 0 saturated heterocycles. The van der Waals surface area contributed by atoms with Crippen LogP contribution in [0.2, 0.25) is 5.02 Å². The first kappa shape index (κ1) is 17.3. The Balaban J connectivity index is 2.28. The number of aryl methyl sites for hydroxylation is 1. The largest absolute Gasteiger partial charge is 0.388 e. The van der Waals surface area contributed by atoms with Crippen molar-refractivity contribution in [1.29, 1.82) is 0 Å². The lowest BCUT2D eigenvalue weighted by Gasteiger charge is -2.10. The Hall–Kier alpha value is -2.05. The lowest BCUT2D eigenvalue weighted by Crippen LogP contribution is -2.20. The summed E-state index contributed by atoms with van der Waals surface area (Å²) < 4.78 is 24.5. The number of hydrogen-bond donors (Lipinski definition) is 2. The van der Waals surface area contributed by atoms with Crippen LogP contribution >= 0.6 is 11.6 Å². The summed E-state index contributed by atoms with van der Waals surface area (Å²) in [6.07, 6.45) is 0. The zero-order valence-corrected chi connectivity index (χ0v) is 14.7. The van der Waals surface area contributed by atoms with Crippen LogP contribution in [-0.2, 0) is 10.0 Å². The second-order valence-electron chi connectivity index (χ2n) is 5.04. The lowest BCUT2D eigenvalue weighted by molar-refractivity contribution is 0.584. The molecule has 2 N–H and O–H groups in total. The third kappa shape index (κ3) is 4.24. The van der Waals surface area contributed by atoms with E-state index in [0.29, 0.717) is 10.7 Å². The van der Waals surface area contributed by atoms with Gasteiger partial charge in [0.05, 0.1) is 10.6 Å². The zero-order chi connectivity index (χ0) is 17.0. The van der Waals surface area contributed by atoms with Crippen LogP contribution in [-0.4, -0.2) is 21.2 Å². The molecule has 0 fully saturated rings. The van der Waals surface area contributed by atoms with Gasteiger partial charge in [0.25, 0.3) is 10.0 Å². The van der Waals surface area contributed by atoms with Crippen LogP contribution in [0.1, 0.15) is 18.1 Å². The molecule has 0 radical (unpaired) electrons. The van der Waals surface area contributed by atoms with Crippen molar-refractivity contribution in [2.45, 2.75) is 18.7 Å². The van der Waals surface area contributed by atoms with Gasteiger partial charge in [-0.25, -0.2) is 0 Å². The molecule has 2 aromatic carbocycles. The first-order valence-corrected chi connectivity index (χ1v) is 8.80. The molecule has 23 heavy (non-hydrogen) atoms. The Morgan fingerprint density at radius 1 is 1.13 bits per heavy atom. The average molecular weight is 352 g/mol. The standard InChI is InChI=1S/C16H18ClN3O2S/c1-11-4-7-14(8-5-11)23(21,22)20-19-12(2)15-10-13(17)6-9-16(15)18-3/h4-10,18,20H,1-3H3/b19-12-. The van der Waals surface area contributed by atoms with E-state index in [0.717, 1.165) is 16.8 Å². The highest BCUT2D eigenvalue weighted by atomic mass is 35.5. The van der Waals surface area contributed by atoms with Gasteiger partial charge in [-0.3, -0.25) is 0 Å². The lowest BCUT2D eigenvalue weighted by atomic mass is 10.1. The number of nitrogens with one attached hydrogen (secondary N) is 2. The van der Waals surface area contributed by atoms with Gasteiger partial charge in [-0.05, 0) is 44.2 Å². The summed E-state index contributed by atoms with van der Waals surface area (Å²) in [5.41, 5.74) is 3.03. The third-order valence-electron chi connectivity index (χ3n) is 3.31. The topological polar surface area (TPSA) is 70.6 Å². The van der Waals surface area contributed by atoms with E-state index in [1.165, 1.54) is 0 Å². The van der Waals surface area contributed by atoms with Gasteiger partial charge in [0.15, 0.2) is 0 Å². The molecule has 0 unspecified atom stereocenters. The van der Waals surface area contributed by atoms with Crippen LogP contribution in [0.4, 0.5) is 5.69 Å². The first-order chi connectivity index (χ1) is 10.8. The zero-order valence-electron chi connectivity index (χ0n) is 13.1. The SMILES string of the molecule is CNc1ccc(Cl)cc1/C(C)=N\NS(=O)(=O)c1ccc(C)cc1. The van der Waals surface area contributed by atoms with Gasteiger partial charge >= 0.3 is 0 Å². The molecule has 0 aliphatic heterocycles. The van der Waals surface area contributed by atoms with Crippen LogP contribution in [0.3, 0.4) is 0 Å². The number of halogens is 1. The number of anilines is 1. The van der Waals surface area contributed by atoms with Crippen molar-refractivity contribution in [1.82, 2.24) is 4.83 Å². The molecule has 0 aliphatic carbocycles. The summed E-state index contributed by atoms with van der Waals surface area (Å²) >= 11 is 6.00. The molecule has 0 saturated carbocycles. The van der Waals surface area contributed by atoms with E-state index in [1.807, 2.05) is 13.0 Å². The predicted octanol–water partition coefficient (Wildman–Crippen LogP) is 3.39. The molecule has 0 spiro atoms. The average Bonchev–Trinajstić information content (AvgIpc) is 2.53. The molecular formula is C16H18ClN3O2S. The van der Waals surface area contributed by atoms with Gasteiger partial charge in [-0.1, -0.05) is 29.3 Å². The number of nitrogens with zero attached hydrogens (tertiary/aromatic N) is 1. The van der Waals surface area contributed by atoms with Gasteiger partial charge in [0.1, 0.15) is 0 Å². The summed E-state index contributed by atoms with van der Waals surface area (Å²) in [6, 6.07) is 11.8. The van der Waals surface area contributed by atoms with E-state index in [4.69, 9.17) is 11.6 Å². The molecule has 0 amide bonds. The maximum atomic E-state index is 12.2. The quantitative estimate of drug-likeness (QED) is 0.640. The summed E-state index contributed by atoms with van der Waals surface area (Å²) in [4.78, 5) is 2.42. The Bertz CT molecular complexity index is 831. The Morgan fingerprint density at radius 2 is 1.78 bits per heavy atom. The minimum atomic E-state index is -3.70. The van der Waals surface area contributed by atoms with Gasteiger partial charge in [0.2, 0.25) is 0 Å². The number of rotatable bonds is 5. The highest BCUT2D eigenvalue weighted by Gasteiger charge is 2.13. The molecule has 122 valence electrons. The molecule has 5 nitrogen and oxygen atoms in total.